The van der Waals surface area contributed by atoms with Crippen molar-refractivity contribution in [2.24, 2.45) is 11.3 Å². The zero-order valence-electron chi connectivity index (χ0n) is 6.85. The lowest BCUT2D eigenvalue weighted by molar-refractivity contribution is 0.165. The smallest absolute Gasteiger partial charge is 0.0501 e. The van der Waals surface area contributed by atoms with Gasteiger partial charge < -0.3 is 5.11 Å². The molecule has 1 fully saturated rings. The molecule has 0 aromatic carbocycles. The molecular formula is C9H16O. The van der Waals surface area contributed by atoms with Crippen LogP contribution in [0.15, 0.2) is 12.2 Å². The fourth-order valence-electron chi connectivity index (χ4n) is 1.76. The van der Waals surface area contributed by atoms with Crippen molar-refractivity contribution >= 4 is 0 Å². The highest BCUT2D eigenvalue weighted by molar-refractivity contribution is 5.12. The first-order chi connectivity index (χ1) is 4.58. The highest BCUT2D eigenvalue weighted by atomic mass is 16.3. The quantitative estimate of drug-likeness (QED) is 0.552. The van der Waals surface area contributed by atoms with Gasteiger partial charge in [0.1, 0.15) is 0 Å². The molecule has 0 heterocycles. The Labute approximate surface area is 62.8 Å². The third-order valence-electron chi connectivity index (χ3n) is 2.71. The van der Waals surface area contributed by atoms with Crippen molar-refractivity contribution in [1.82, 2.24) is 0 Å². The first-order valence-electron chi connectivity index (χ1n) is 3.86. The maximum atomic E-state index is 9.01. The monoisotopic (exact) mass is 140 g/mol. The minimum Gasteiger partial charge on any atom is -0.396 e. The Morgan fingerprint density at radius 2 is 2.30 bits per heavy atom. The highest BCUT2D eigenvalue weighted by Gasteiger charge is 2.36. The lowest BCUT2D eigenvalue weighted by atomic mass is 9.81. The largest absolute Gasteiger partial charge is 0.396 e. The van der Waals surface area contributed by atoms with Crippen LogP contribution in [-0.2, 0) is 0 Å². The van der Waals surface area contributed by atoms with Crippen LogP contribution in [0.5, 0.6) is 0 Å². The van der Waals surface area contributed by atoms with Crippen molar-refractivity contribution in [2.75, 3.05) is 6.61 Å². The van der Waals surface area contributed by atoms with Gasteiger partial charge in [-0.2, -0.15) is 0 Å². The van der Waals surface area contributed by atoms with Gasteiger partial charge in [-0.3, -0.25) is 0 Å². The average molecular weight is 140 g/mol. The zero-order valence-corrected chi connectivity index (χ0v) is 6.85. The van der Waals surface area contributed by atoms with E-state index in [0.717, 1.165) is 6.42 Å². The molecule has 58 valence electrons. The van der Waals surface area contributed by atoms with Crippen LogP contribution in [0.3, 0.4) is 0 Å². The van der Waals surface area contributed by atoms with Crippen molar-refractivity contribution in [1.29, 1.82) is 0 Å². The van der Waals surface area contributed by atoms with Crippen LogP contribution in [0.4, 0.5) is 0 Å². The molecule has 1 saturated carbocycles. The number of rotatable bonds is 1. The predicted octanol–water partition coefficient (Wildman–Crippen LogP) is 1.97. The van der Waals surface area contributed by atoms with Gasteiger partial charge in [0, 0.05) is 5.92 Å². The number of aliphatic hydroxyl groups excluding tert-OH is 1. The van der Waals surface area contributed by atoms with E-state index in [4.69, 9.17) is 5.11 Å². The molecule has 1 heteroatoms. The molecule has 0 aliphatic heterocycles. The van der Waals surface area contributed by atoms with Crippen LogP contribution >= 0.6 is 0 Å². The van der Waals surface area contributed by atoms with Gasteiger partial charge in [-0.25, -0.2) is 0 Å². The summed E-state index contributed by atoms with van der Waals surface area (Å²) in [4.78, 5) is 0. The molecule has 1 aliphatic rings. The Morgan fingerprint density at radius 1 is 1.70 bits per heavy atom. The molecule has 0 aromatic heterocycles. The topological polar surface area (TPSA) is 20.2 Å². The predicted molar refractivity (Wildman–Crippen MR) is 42.7 cm³/mol. The van der Waals surface area contributed by atoms with E-state index in [1.54, 1.807) is 0 Å². The summed E-state index contributed by atoms with van der Waals surface area (Å²) < 4.78 is 0. The molecular weight excluding hydrogens is 124 g/mol. The lowest BCUT2D eigenvalue weighted by Gasteiger charge is -2.25. The van der Waals surface area contributed by atoms with Crippen molar-refractivity contribution in [3.05, 3.63) is 12.2 Å². The summed E-state index contributed by atoms with van der Waals surface area (Å²) in [7, 11) is 0. The Bertz CT molecular complexity index is 147. The van der Waals surface area contributed by atoms with Gasteiger partial charge in [-0.15, -0.1) is 0 Å². The molecule has 1 rings (SSSR count). The third-order valence-corrected chi connectivity index (χ3v) is 2.71. The van der Waals surface area contributed by atoms with Crippen molar-refractivity contribution in [3.63, 3.8) is 0 Å². The molecule has 0 amide bonds. The molecule has 1 aliphatic carbocycles. The van der Waals surface area contributed by atoms with E-state index in [1.165, 1.54) is 12.0 Å². The van der Waals surface area contributed by atoms with Gasteiger partial charge in [-0.1, -0.05) is 26.0 Å². The Balaban J connectivity index is 2.73. The van der Waals surface area contributed by atoms with E-state index in [9.17, 15) is 0 Å². The highest BCUT2D eigenvalue weighted by Crippen LogP contribution is 2.44. The summed E-state index contributed by atoms with van der Waals surface area (Å²) in [6.07, 6.45) is 2.27. The summed E-state index contributed by atoms with van der Waals surface area (Å²) in [5.41, 5.74) is 1.51. The summed E-state index contributed by atoms with van der Waals surface area (Å²) in [6.45, 7) is 8.61. The number of aliphatic hydroxyl groups is 1. The van der Waals surface area contributed by atoms with E-state index >= 15 is 0 Å². The number of hydrogen-bond donors (Lipinski definition) is 1. The maximum Gasteiger partial charge on any atom is 0.0501 e. The Morgan fingerprint density at radius 3 is 2.50 bits per heavy atom. The van der Waals surface area contributed by atoms with E-state index in [1.807, 2.05) is 0 Å². The van der Waals surface area contributed by atoms with Gasteiger partial charge in [-0.05, 0) is 18.3 Å². The first kappa shape index (κ1) is 7.80. The Hall–Kier alpha value is -0.300. The molecule has 1 atom stereocenters. The third kappa shape index (κ3) is 1.10. The molecule has 10 heavy (non-hydrogen) atoms. The van der Waals surface area contributed by atoms with E-state index in [-0.39, 0.29) is 12.0 Å². The fraction of sp³-hybridized carbons (Fsp3) is 0.778. The Kier molecular flexibility index (Phi) is 1.86. The van der Waals surface area contributed by atoms with Crippen LogP contribution in [0.1, 0.15) is 26.7 Å². The molecule has 0 aromatic rings. The fourth-order valence-corrected chi connectivity index (χ4v) is 1.76. The average Bonchev–Trinajstić information content (AvgIpc) is 2.07. The van der Waals surface area contributed by atoms with E-state index in [0.29, 0.717) is 5.92 Å². The van der Waals surface area contributed by atoms with Crippen molar-refractivity contribution in [3.8, 4) is 0 Å². The van der Waals surface area contributed by atoms with Crippen LogP contribution in [0.2, 0.25) is 0 Å². The second-order valence-corrected chi connectivity index (χ2v) is 3.88. The van der Waals surface area contributed by atoms with Gasteiger partial charge in [0.05, 0.1) is 6.61 Å². The molecule has 1 N–H and O–H groups in total. The summed E-state index contributed by atoms with van der Waals surface area (Å²) >= 11 is 0. The lowest BCUT2D eigenvalue weighted by Crippen LogP contribution is -2.21. The van der Waals surface area contributed by atoms with Gasteiger partial charge >= 0.3 is 0 Å². The first-order valence-corrected chi connectivity index (χ1v) is 3.86. The van der Waals surface area contributed by atoms with Gasteiger partial charge in [0.25, 0.3) is 0 Å². The van der Waals surface area contributed by atoms with Crippen LogP contribution in [0.25, 0.3) is 0 Å². The molecule has 1 nitrogen and oxygen atoms in total. The molecule has 0 spiro atoms. The maximum absolute atomic E-state index is 9.01. The van der Waals surface area contributed by atoms with Gasteiger partial charge in [0.2, 0.25) is 0 Å². The second kappa shape index (κ2) is 2.39. The summed E-state index contributed by atoms with van der Waals surface area (Å²) in [5, 5.41) is 9.01. The minimum absolute atomic E-state index is 0.270. The molecule has 0 radical (unpaired) electrons. The van der Waals surface area contributed by atoms with Crippen LogP contribution < -0.4 is 0 Å². The standard InChI is InChI=1S/C9H16O/c1-7-4-5-9(2,3)8(7)6-10/h8,10H,1,4-6H2,2-3H3. The summed E-state index contributed by atoms with van der Waals surface area (Å²) in [6, 6.07) is 0. The second-order valence-electron chi connectivity index (χ2n) is 3.88. The van der Waals surface area contributed by atoms with Crippen LogP contribution in [0, 0.1) is 11.3 Å². The van der Waals surface area contributed by atoms with Crippen molar-refractivity contribution < 1.29 is 5.11 Å². The van der Waals surface area contributed by atoms with Crippen LogP contribution in [-0.4, -0.2) is 11.7 Å². The SMILES string of the molecule is C=C1CCC(C)(C)C1CO. The zero-order chi connectivity index (χ0) is 7.78. The molecule has 0 bridgehead atoms. The molecule has 1 unspecified atom stereocenters. The van der Waals surface area contributed by atoms with Crippen molar-refractivity contribution in [2.45, 2.75) is 26.7 Å². The summed E-state index contributed by atoms with van der Waals surface area (Å²) in [5.74, 6) is 0.340. The normalized spacial score (nSPS) is 31.1. The molecule has 0 saturated heterocycles. The van der Waals surface area contributed by atoms with E-state index in [2.05, 4.69) is 20.4 Å². The number of hydrogen-bond acceptors (Lipinski definition) is 1. The minimum atomic E-state index is 0.270. The van der Waals surface area contributed by atoms with E-state index < -0.39 is 0 Å². The van der Waals surface area contributed by atoms with Gasteiger partial charge in [0.15, 0.2) is 0 Å².